The summed E-state index contributed by atoms with van der Waals surface area (Å²) in [6.07, 6.45) is 2.88. The first-order valence-electron chi connectivity index (χ1n) is 10.1. The molecular weight excluding hydrogens is 424 g/mol. The van der Waals surface area contributed by atoms with Crippen LogP contribution in [0.2, 0.25) is 0 Å². The molecule has 4 aromatic rings. The lowest BCUT2D eigenvalue weighted by Gasteiger charge is -2.15. The summed E-state index contributed by atoms with van der Waals surface area (Å²) in [7, 11) is 0. The van der Waals surface area contributed by atoms with Crippen LogP contribution in [0.5, 0.6) is 0 Å². The van der Waals surface area contributed by atoms with Gasteiger partial charge in [-0.15, -0.1) is 10.2 Å². The SMILES string of the molecule is Cc1ccc(-c2nnco2)cc1NC(=O)c1ccc(NC(C)c2ccccn2)c([N+](=O)[O-])c1. The molecular formula is C23H20N6O4. The van der Waals surface area contributed by atoms with Gasteiger partial charge in [0.2, 0.25) is 12.3 Å². The highest BCUT2D eigenvalue weighted by Gasteiger charge is 2.20. The van der Waals surface area contributed by atoms with Crippen molar-refractivity contribution >= 4 is 23.0 Å². The number of carbonyl (C=O) groups is 1. The molecule has 2 N–H and O–H groups in total. The third kappa shape index (κ3) is 4.85. The van der Waals surface area contributed by atoms with Crippen molar-refractivity contribution in [3.05, 3.63) is 94.1 Å². The number of anilines is 2. The summed E-state index contributed by atoms with van der Waals surface area (Å²) in [5.74, 6) is -0.160. The third-order valence-corrected chi connectivity index (χ3v) is 5.05. The smallest absolute Gasteiger partial charge is 0.293 e. The molecule has 0 bridgehead atoms. The number of nitro groups is 1. The predicted molar refractivity (Wildman–Crippen MR) is 122 cm³/mol. The first-order valence-corrected chi connectivity index (χ1v) is 10.1. The monoisotopic (exact) mass is 444 g/mol. The van der Waals surface area contributed by atoms with Crippen LogP contribution in [0.1, 0.15) is 34.6 Å². The Morgan fingerprint density at radius 3 is 2.67 bits per heavy atom. The molecule has 1 atom stereocenters. The van der Waals surface area contributed by atoms with Gasteiger partial charge in [0.1, 0.15) is 5.69 Å². The minimum Gasteiger partial charge on any atom is -0.423 e. The van der Waals surface area contributed by atoms with Gasteiger partial charge >= 0.3 is 0 Å². The fourth-order valence-electron chi connectivity index (χ4n) is 3.27. The standard InChI is InChI=1S/C23H20N6O4/c1-14-6-7-17(23-28-25-13-33-23)11-20(14)27-22(30)16-8-9-19(21(12-16)29(31)32)26-15(2)18-5-3-4-10-24-18/h3-13,15,26H,1-2H3,(H,27,30). The Morgan fingerprint density at radius 1 is 1.12 bits per heavy atom. The van der Waals surface area contributed by atoms with E-state index in [1.54, 1.807) is 24.4 Å². The lowest BCUT2D eigenvalue weighted by atomic mass is 10.1. The van der Waals surface area contributed by atoms with Crippen molar-refractivity contribution < 1.29 is 14.1 Å². The van der Waals surface area contributed by atoms with Gasteiger partial charge in [-0.05, 0) is 55.8 Å². The Balaban J connectivity index is 1.57. The van der Waals surface area contributed by atoms with Gasteiger partial charge in [-0.2, -0.15) is 0 Å². The molecule has 2 heterocycles. The fraction of sp³-hybridized carbons (Fsp3) is 0.130. The summed E-state index contributed by atoms with van der Waals surface area (Å²) in [5, 5.41) is 25.1. The zero-order valence-corrected chi connectivity index (χ0v) is 17.9. The lowest BCUT2D eigenvalue weighted by Crippen LogP contribution is -2.14. The van der Waals surface area contributed by atoms with Crippen LogP contribution in [-0.4, -0.2) is 26.0 Å². The summed E-state index contributed by atoms with van der Waals surface area (Å²) >= 11 is 0. The molecule has 10 nitrogen and oxygen atoms in total. The molecule has 0 aliphatic carbocycles. The van der Waals surface area contributed by atoms with Crippen molar-refractivity contribution in [2.24, 2.45) is 0 Å². The second kappa shape index (κ2) is 9.27. The number of aromatic nitrogens is 3. The second-order valence-electron chi connectivity index (χ2n) is 7.34. The van der Waals surface area contributed by atoms with E-state index in [0.29, 0.717) is 22.8 Å². The third-order valence-electron chi connectivity index (χ3n) is 5.05. The molecule has 0 radical (unpaired) electrons. The van der Waals surface area contributed by atoms with E-state index in [2.05, 4.69) is 25.8 Å². The summed E-state index contributed by atoms with van der Waals surface area (Å²) in [4.78, 5) is 28.3. The fourth-order valence-corrected chi connectivity index (χ4v) is 3.27. The number of benzene rings is 2. The first-order chi connectivity index (χ1) is 15.9. The van der Waals surface area contributed by atoms with Crippen LogP contribution in [0.15, 0.2) is 71.6 Å². The van der Waals surface area contributed by atoms with Crippen LogP contribution >= 0.6 is 0 Å². The van der Waals surface area contributed by atoms with Gasteiger partial charge in [0.15, 0.2) is 0 Å². The largest absolute Gasteiger partial charge is 0.423 e. The normalized spacial score (nSPS) is 11.6. The van der Waals surface area contributed by atoms with Crippen LogP contribution in [0.3, 0.4) is 0 Å². The van der Waals surface area contributed by atoms with E-state index in [4.69, 9.17) is 4.42 Å². The highest BCUT2D eigenvalue weighted by Crippen LogP contribution is 2.30. The van der Waals surface area contributed by atoms with Crippen molar-refractivity contribution in [3.8, 4) is 11.5 Å². The van der Waals surface area contributed by atoms with Crippen molar-refractivity contribution in [1.82, 2.24) is 15.2 Å². The summed E-state index contributed by atoms with van der Waals surface area (Å²) in [5.41, 5.74) is 2.96. The van der Waals surface area contributed by atoms with Crippen molar-refractivity contribution in [1.29, 1.82) is 0 Å². The Hall–Kier alpha value is -4.60. The highest BCUT2D eigenvalue weighted by molar-refractivity contribution is 6.05. The number of aryl methyl sites for hydroxylation is 1. The van der Waals surface area contributed by atoms with Gasteiger partial charge in [-0.25, -0.2) is 0 Å². The molecule has 0 aliphatic rings. The number of hydrogen-bond acceptors (Lipinski definition) is 8. The van der Waals surface area contributed by atoms with Crippen LogP contribution < -0.4 is 10.6 Å². The van der Waals surface area contributed by atoms with Gasteiger partial charge in [-0.1, -0.05) is 12.1 Å². The van der Waals surface area contributed by atoms with E-state index in [9.17, 15) is 14.9 Å². The Labute approximate surface area is 188 Å². The van der Waals surface area contributed by atoms with Crippen molar-refractivity contribution in [2.75, 3.05) is 10.6 Å². The van der Waals surface area contributed by atoms with Gasteiger partial charge in [0, 0.05) is 29.1 Å². The number of carbonyl (C=O) groups excluding carboxylic acids is 1. The quantitative estimate of drug-likeness (QED) is 0.307. The van der Waals surface area contributed by atoms with E-state index in [-0.39, 0.29) is 17.3 Å². The zero-order chi connectivity index (χ0) is 23.4. The van der Waals surface area contributed by atoms with Gasteiger partial charge in [-0.3, -0.25) is 19.9 Å². The maximum Gasteiger partial charge on any atom is 0.293 e. The summed E-state index contributed by atoms with van der Waals surface area (Å²) < 4.78 is 5.20. The van der Waals surface area contributed by atoms with Gasteiger partial charge in [0.25, 0.3) is 11.6 Å². The molecule has 0 aliphatic heterocycles. The number of amides is 1. The number of rotatable bonds is 7. The molecule has 4 rings (SSSR count). The Kier molecular flexibility index (Phi) is 6.07. The molecule has 2 aromatic heterocycles. The zero-order valence-electron chi connectivity index (χ0n) is 17.9. The molecule has 33 heavy (non-hydrogen) atoms. The maximum atomic E-state index is 12.9. The number of nitro benzene ring substituents is 1. The average Bonchev–Trinajstić information content (AvgIpc) is 3.36. The molecule has 0 fully saturated rings. The van der Waals surface area contributed by atoms with E-state index in [1.807, 2.05) is 32.0 Å². The predicted octanol–water partition coefficient (Wildman–Crippen LogP) is 4.77. The molecule has 2 aromatic carbocycles. The second-order valence-corrected chi connectivity index (χ2v) is 7.34. The van der Waals surface area contributed by atoms with Crippen molar-refractivity contribution in [2.45, 2.75) is 19.9 Å². The highest BCUT2D eigenvalue weighted by atomic mass is 16.6. The summed E-state index contributed by atoms with van der Waals surface area (Å²) in [6.45, 7) is 3.69. The maximum absolute atomic E-state index is 12.9. The first kappa shape index (κ1) is 21.6. The minimum absolute atomic E-state index is 0.153. The van der Waals surface area contributed by atoms with Crippen LogP contribution in [0.4, 0.5) is 17.1 Å². The molecule has 0 spiro atoms. The van der Waals surface area contributed by atoms with Crippen molar-refractivity contribution in [3.63, 3.8) is 0 Å². The van der Waals surface area contributed by atoms with E-state index >= 15 is 0 Å². The van der Waals surface area contributed by atoms with Gasteiger partial charge < -0.3 is 15.1 Å². The molecule has 0 saturated carbocycles. The van der Waals surface area contributed by atoms with Crippen LogP contribution in [0.25, 0.3) is 11.5 Å². The lowest BCUT2D eigenvalue weighted by molar-refractivity contribution is -0.384. The molecule has 1 unspecified atom stereocenters. The molecule has 0 saturated heterocycles. The Morgan fingerprint density at radius 2 is 1.97 bits per heavy atom. The van der Waals surface area contributed by atoms with E-state index in [0.717, 1.165) is 11.3 Å². The van der Waals surface area contributed by atoms with Crippen LogP contribution in [0, 0.1) is 17.0 Å². The molecule has 166 valence electrons. The molecule has 10 heteroatoms. The molecule has 1 amide bonds. The summed E-state index contributed by atoms with van der Waals surface area (Å²) in [6, 6.07) is 14.8. The van der Waals surface area contributed by atoms with Crippen LogP contribution in [-0.2, 0) is 0 Å². The number of pyridine rings is 1. The average molecular weight is 444 g/mol. The van der Waals surface area contributed by atoms with E-state index in [1.165, 1.54) is 24.6 Å². The number of nitrogens with one attached hydrogen (secondary N) is 2. The number of nitrogens with zero attached hydrogens (tertiary/aromatic N) is 4. The Bertz CT molecular complexity index is 1290. The minimum atomic E-state index is -0.522. The van der Waals surface area contributed by atoms with Gasteiger partial charge in [0.05, 0.1) is 16.7 Å². The van der Waals surface area contributed by atoms with E-state index < -0.39 is 10.8 Å². The topological polar surface area (TPSA) is 136 Å². The number of hydrogen-bond donors (Lipinski definition) is 2.